The van der Waals surface area contributed by atoms with Crippen molar-refractivity contribution in [2.45, 2.75) is 6.42 Å². The fraction of sp³-hybridized carbons (Fsp3) is 0.750. The molecule has 2 aliphatic heterocycles. The lowest BCUT2D eigenvalue weighted by Crippen LogP contribution is -2.49. The van der Waals surface area contributed by atoms with Crippen molar-refractivity contribution in [2.24, 2.45) is 0 Å². The zero-order valence-corrected chi connectivity index (χ0v) is 13.5. The summed E-state index contributed by atoms with van der Waals surface area (Å²) < 4.78 is 33.7. The molecule has 0 aromatic carbocycles. The molecule has 2 fully saturated rings. The zero-order valence-electron chi connectivity index (χ0n) is 11.8. The van der Waals surface area contributed by atoms with Gasteiger partial charge in [-0.1, -0.05) is 0 Å². The molecule has 0 amide bonds. The number of anilines is 1. The van der Waals surface area contributed by atoms with Gasteiger partial charge in [-0.25, -0.2) is 4.98 Å². The highest BCUT2D eigenvalue weighted by Gasteiger charge is 2.32. The van der Waals surface area contributed by atoms with Crippen LogP contribution in [0, 0.1) is 0 Å². The third kappa shape index (κ3) is 3.37. The first-order valence-corrected chi connectivity index (χ1v) is 9.43. The van der Waals surface area contributed by atoms with Crippen molar-refractivity contribution < 1.29 is 13.2 Å². The van der Waals surface area contributed by atoms with E-state index in [2.05, 4.69) is 9.88 Å². The van der Waals surface area contributed by atoms with E-state index in [0.717, 1.165) is 18.1 Å². The molecule has 0 N–H and O–H groups in total. The van der Waals surface area contributed by atoms with Gasteiger partial charge in [-0.05, 0) is 6.42 Å². The summed E-state index contributed by atoms with van der Waals surface area (Å²) in [5, 5.41) is 2.92. The molecule has 0 saturated carbocycles. The van der Waals surface area contributed by atoms with E-state index in [0.29, 0.717) is 45.9 Å². The van der Waals surface area contributed by atoms with Gasteiger partial charge in [-0.2, -0.15) is 17.0 Å². The van der Waals surface area contributed by atoms with Crippen LogP contribution < -0.4 is 4.90 Å². The smallest absolute Gasteiger partial charge is 0.282 e. The molecule has 118 valence electrons. The number of nitrogens with zero attached hydrogens (tertiary/aromatic N) is 4. The largest absolute Gasteiger partial charge is 0.379 e. The van der Waals surface area contributed by atoms with E-state index >= 15 is 0 Å². The molecule has 1 aromatic rings. The van der Waals surface area contributed by atoms with E-state index in [9.17, 15) is 8.42 Å². The Morgan fingerprint density at radius 3 is 2.52 bits per heavy atom. The van der Waals surface area contributed by atoms with E-state index in [1.807, 2.05) is 5.38 Å². The Kier molecular flexibility index (Phi) is 4.75. The van der Waals surface area contributed by atoms with Crippen LogP contribution in [-0.2, 0) is 14.9 Å². The van der Waals surface area contributed by atoms with E-state index in [1.165, 1.54) is 4.31 Å². The predicted octanol–water partition coefficient (Wildman–Crippen LogP) is 0.232. The van der Waals surface area contributed by atoms with Gasteiger partial charge in [-0.15, -0.1) is 11.3 Å². The number of aromatic nitrogens is 1. The van der Waals surface area contributed by atoms with Gasteiger partial charge in [0.05, 0.1) is 13.2 Å². The van der Waals surface area contributed by atoms with Gasteiger partial charge < -0.3 is 9.64 Å². The highest BCUT2D eigenvalue weighted by molar-refractivity contribution is 7.86. The third-order valence-electron chi connectivity index (χ3n) is 3.77. The minimum absolute atomic E-state index is 0.453. The normalized spacial score (nSPS) is 23.1. The third-order valence-corrected chi connectivity index (χ3v) is 6.63. The van der Waals surface area contributed by atoms with Crippen LogP contribution in [0.15, 0.2) is 11.6 Å². The monoisotopic (exact) mass is 332 g/mol. The van der Waals surface area contributed by atoms with Crippen molar-refractivity contribution in [3.63, 3.8) is 0 Å². The maximum Gasteiger partial charge on any atom is 0.282 e. The lowest BCUT2D eigenvalue weighted by atomic mass is 10.4. The van der Waals surface area contributed by atoms with Crippen molar-refractivity contribution in [3.05, 3.63) is 11.6 Å². The van der Waals surface area contributed by atoms with Crippen LogP contribution in [-0.4, -0.2) is 74.5 Å². The number of thiazole rings is 1. The number of hydrogen-bond donors (Lipinski definition) is 0. The van der Waals surface area contributed by atoms with E-state index < -0.39 is 10.2 Å². The first-order chi connectivity index (χ1) is 10.2. The minimum atomic E-state index is -3.36. The molecule has 0 radical (unpaired) electrons. The van der Waals surface area contributed by atoms with Crippen molar-refractivity contribution in [2.75, 3.05) is 57.4 Å². The Balaban J connectivity index is 1.66. The molecular weight excluding hydrogens is 312 g/mol. The van der Waals surface area contributed by atoms with Crippen LogP contribution in [0.3, 0.4) is 0 Å². The Bertz CT molecular complexity index is 543. The fourth-order valence-corrected chi connectivity index (χ4v) is 4.93. The van der Waals surface area contributed by atoms with Gasteiger partial charge in [-0.3, -0.25) is 0 Å². The molecule has 0 aliphatic carbocycles. The van der Waals surface area contributed by atoms with Crippen molar-refractivity contribution in [3.8, 4) is 0 Å². The molecule has 3 rings (SSSR count). The zero-order chi connectivity index (χ0) is 14.7. The average molecular weight is 332 g/mol. The average Bonchev–Trinajstić information content (AvgIpc) is 2.92. The molecule has 9 heteroatoms. The predicted molar refractivity (Wildman–Crippen MR) is 81.8 cm³/mol. The number of rotatable bonds is 3. The van der Waals surface area contributed by atoms with Gasteiger partial charge in [0.1, 0.15) is 0 Å². The van der Waals surface area contributed by atoms with Gasteiger partial charge >= 0.3 is 0 Å². The Labute approximate surface area is 129 Å². The molecule has 2 aliphatic rings. The minimum Gasteiger partial charge on any atom is -0.379 e. The molecular formula is C12H20N4O3S2. The first-order valence-electron chi connectivity index (χ1n) is 7.15. The fourth-order valence-electron chi connectivity index (χ4n) is 2.63. The summed E-state index contributed by atoms with van der Waals surface area (Å²) >= 11 is 1.60. The topological polar surface area (TPSA) is 66.0 Å². The summed E-state index contributed by atoms with van der Waals surface area (Å²) in [6, 6.07) is 0. The number of morpholine rings is 1. The lowest BCUT2D eigenvalue weighted by Gasteiger charge is -2.31. The van der Waals surface area contributed by atoms with Gasteiger partial charge in [0, 0.05) is 50.8 Å². The number of ether oxygens (including phenoxy) is 1. The Hall–Kier alpha value is -0.740. The second kappa shape index (κ2) is 6.57. The molecule has 3 heterocycles. The summed E-state index contributed by atoms with van der Waals surface area (Å²) in [6.45, 7) is 4.50. The second-order valence-electron chi connectivity index (χ2n) is 5.07. The van der Waals surface area contributed by atoms with Crippen LogP contribution in [0.2, 0.25) is 0 Å². The molecule has 1 aromatic heterocycles. The highest BCUT2D eigenvalue weighted by Crippen LogP contribution is 2.21. The Morgan fingerprint density at radius 1 is 1.05 bits per heavy atom. The van der Waals surface area contributed by atoms with Gasteiger partial charge in [0.2, 0.25) is 0 Å². The summed E-state index contributed by atoms with van der Waals surface area (Å²) in [4.78, 5) is 6.47. The summed E-state index contributed by atoms with van der Waals surface area (Å²) in [5.41, 5.74) is 0. The van der Waals surface area contributed by atoms with E-state index in [-0.39, 0.29) is 0 Å². The van der Waals surface area contributed by atoms with Gasteiger partial charge in [0.25, 0.3) is 10.2 Å². The van der Waals surface area contributed by atoms with Crippen molar-refractivity contribution in [1.82, 2.24) is 13.6 Å². The molecule has 21 heavy (non-hydrogen) atoms. The van der Waals surface area contributed by atoms with E-state index in [1.54, 1.807) is 21.8 Å². The summed E-state index contributed by atoms with van der Waals surface area (Å²) in [6.07, 6.45) is 2.61. The van der Waals surface area contributed by atoms with E-state index in [4.69, 9.17) is 4.74 Å². The van der Waals surface area contributed by atoms with Crippen LogP contribution >= 0.6 is 11.3 Å². The maximum absolute atomic E-state index is 12.7. The molecule has 0 unspecified atom stereocenters. The molecule has 0 bridgehead atoms. The first kappa shape index (κ1) is 15.2. The Morgan fingerprint density at radius 2 is 1.81 bits per heavy atom. The standard InChI is InChI=1S/C12H20N4O3S2/c17-21(18,16-7-9-19-10-8-16)15-4-1-3-14(5-6-15)12-13-2-11-20-12/h2,11H,1,3-10H2. The second-order valence-corrected chi connectivity index (χ2v) is 7.88. The van der Waals surface area contributed by atoms with Gasteiger partial charge in [0.15, 0.2) is 5.13 Å². The van der Waals surface area contributed by atoms with Crippen LogP contribution in [0.4, 0.5) is 5.13 Å². The SMILES string of the molecule is O=S(=O)(N1CCOCC1)N1CCCN(c2nccs2)CC1. The quantitative estimate of drug-likeness (QED) is 0.793. The summed E-state index contributed by atoms with van der Waals surface area (Å²) in [7, 11) is -3.36. The molecule has 0 atom stereocenters. The molecule has 2 saturated heterocycles. The maximum atomic E-state index is 12.7. The van der Waals surface area contributed by atoms with Crippen molar-refractivity contribution >= 4 is 26.7 Å². The van der Waals surface area contributed by atoms with Crippen molar-refractivity contribution in [1.29, 1.82) is 0 Å². The lowest BCUT2D eigenvalue weighted by molar-refractivity contribution is 0.0703. The van der Waals surface area contributed by atoms with Crippen LogP contribution in [0.5, 0.6) is 0 Å². The highest BCUT2D eigenvalue weighted by atomic mass is 32.2. The molecule has 7 nitrogen and oxygen atoms in total. The van der Waals surface area contributed by atoms with Crippen LogP contribution in [0.1, 0.15) is 6.42 Å². The molecule has 0 spiro atoms. The summed E-state index contributed by atoms with van der Waals surface area (Å²) in [5.74, 6) is 0. The number of hydrogen-bond acceptors (Lipinski definition) is 6. The van der Waals surface area contributed by atoms with Crippen LogP contribution in [0.25, 0.3) is 0 Å².